The Labute approximate surface area is 214 Å². The zero-order chi connectivity index (χ0) is 25.7. The summed E-state index contributed by atoms with van der Waals surface area (Å²) in [6.07, 6.45) is 0.845. The zero-order valence-corrected chi connectivity index (χ0v) is 20.7. The van der Waals surface area contributed by atoms with Gasteiger partial charge in [0.15, 0.2) is 6.61 Å². The molecule has 0 spiro atoms. The van der Waals surface area contributed by atoms with Gasteiger partial charge in [-0.05, 0) is 49.2 Å². The third kappa shape index (κ3) is 5.40. The van der Waals surface area contributed by atoms with Crippen LogP contribution < -0.4 is 24.7 Å². The van der Waals surface area contributed by atoms with Gasteiger partial charge >= 0.3 is 5.97 Å². The fourth-order valence-electron chi connectivity index (χ4n) is 3.89. The minimum atomic E-state index is -0.588. The molecule has 1 heterocycles. The molecule has 1 aliphatic rings. The smallest absolute Gasteiger partial charge is 0.349 e. The van der Waals surface area contributed by atoms with Crippen LogP contribution in [-0.2, 0) is 4.79 Å². The molecule has 0 aliphatic carbocycles. The minimum absolute atomic E-state index is 0.00906. The fourth-order valence-corrected chi connectivity index (χ4v) is 4.01. The zero-order valence-electron chi connectivity index (χ0n) is 19.9. The molecule has 8 heteroatoms. The summed E-state index contributed by atoms with van der Waals surface area (Å²) >= 11 is 6.02. The van der Waals surface area contributed by atoms with Crippen molar-refractivity contribution in [3.63, 3.8) is 0 Å². The van der Waals surface area contributed by atoms with Crippen LogP contribution in [0.3, 0.4) is 0 Å². The maximum absolute atomic E-state index is 12.4. The lowest BCUT2D eigenvalue weighted by Crippen LogP contribution is -2.22. The van der Waals surface area contributed by atoms with Gasteiger partial charge in [0.25, 0.3) is 0 Å². The summed E-state index contributed by atoms with van der Waals surface area (Å²) in [5.41, 5.74) is 8.76. The number of rotatable bonds is 8. The van der Waals surface area contributed by atoms with E-state index in [0.29, 0.717) is 34.4 Å². The summed E-state index contributed by atoms with van der Waals surface area (Å²) in [5.74, 6) is 0.741. The molecular formula is C28H25ClN2O5. The van der Waals surface area contributed by atoms with E-state index in [1.54, 1.807) is 36.4 Å². The Hall–Kier alpha value is -4.15. The third-order valence-electron chi connectivity index (χ3n) is 5.60. The molecule has 7 nitrogen and oxygen atoms in total. The highest BCUT2D eigenvalue weighted by molar-refractivity contribution is 6.31. The summed E-state index contributed by atoms with van der Waals surface area (Å²) in [7, 11) is 0. The maximum Gasteiger partial charge on any atom is 0.349 e. The van der Waals surface area contributed by atoms with E-state index in [4.69, 9.17) is 36.3 Å². The van der Waals surface area contributed by atoms with Gasteiger partial charge in [0.1, 0.15) is 34.6 Å². The van der Waals surface area contributed by atoms with Gasteiger partial charge in [-0.15, -0.1) is 0 Å². The molecule has 0 fully saturated rings. The highest BCUT2D eigenvalue weighted by Crippen LogP contribution is 2.45. The van der Waals surface area contributed by atoms with Crippen molar-refractivity contribution in [1.29, 1.82) is 5.26 Å². The molecular weight excluding hydrogens is 480 g/mol. The number of para-hydroxylation sites is 1. The van der Waals surface area contributed by atoms with E-state index < -0.39 is 11.9 Å². The number of allylic oxidation sites excluding steroid dienone is 1. The quantitative estimate of drug-likeness (QED) is 0.312. The van der Waals surface area contributed by atoms with Gasteiger partial charge in [-0.1, -0.05) is 42.8 Å². The molecule has 1 aliphatic heterocycles. The van der Waals surface area contributed by atoms with E-state index in [2.05, 4.69) is 6.07 Å². The number of nitrogens with zero attached hydrogens (tertiary/aromatic N) is 1. The predicted octanol–water partition coefficient (Wildman–Crippen LogP) is 5.64. The van der Waals surface area contributed by atoms with Crippen LogP contribution in [0.25, 0.3) is 0 Å². The van der Waals surface area contributed by atoms with Crippen LogP contribution in [0.2, 0.25) is 5.02 Å². The normalized spacial score (nSPS) is 14.3. The summed E-state index contributed by atoms with van der Waals surface area (Å²) in [5, 5.41) is 10.5. The molecule has 2 N–H and O–H groups in total. The Morgan fingerprint density at radius 1 is 1.08 bits per heavy atom. The number of esters is 1. The number of ether oxygens (including phenoxy) is 4. The molecule has 0 saturated carbocycles. The lowest BCUT2D eigenvalue weighted by atomic mass is 9.83. The number of carbonyl (C=O) groups excluding carboxylic acids is 1. The first-order valence-corrected chi connectivity index (χ1v) is 11.8. The first kappa shape index (κ1) is 25.0. The third-order valence-corrected chi connectivity index (χ3v) is 6.02. The van der Waals surface area contributed by atoms with Crippen molar-refractivity contribution in [2.24, 2.45) is 5.73 Å². The van der Waals surface area contributed by atoms with E-state index in [-0.39, 0.29) is 23.8 Å². The summed E-state index contributed by atoms with van der Waals surface area (Å²) in [4.78, 5) is 12.4. The lowest BCUT2D eigenvalue weighted by Gasteiger charge is -2.28. The second-order valence-electron chi connectivity index (χ2n) is 8.18. The molecule has 0 saturated heterocycles. The average molecular weight is 505 g/mol. The van der Waals surface area contributed by atoms with Crippen molar-refractivity contribution in [1.82, 2.24) is 0 Å². The molecule has 1 unspecified atom stereocenters. The largest absolute Gasteiger partial charge is 0.493 e. The Morgan fingerprint density at radius 3 is 2.61 bits per heavy atom. The SMILES string of the molecule is CCCOc1ccccc1C1C(C#N)=C(N)Oc2cc(OC(=O)COc3ccc(Cl)c(C)c3)ccc21. The van der Waals surface area contributed by atoms with E-state index >= 15 is 0 Å². The Kier molecular flexibility index (Phi) is 7.67. The van der Waals surface area contributed by atoms with E-state index in [1.165, 1.54) is 0 Å². The van der Waals surface area contributed by atoms with Crippen LogP contribution in [0.15, 0.2) is 72.1 Å². The van der Waals surface area contributed by atoms with Gasteiger partial charge in [-0.2, -0.15) is 5.26 Å². The summed E-state index contributed by atoms with van der Waals surface area (Å²) in [6, 6.07) is 19.8. The molecule has 0 radical (unpaired) electrons. The van der Waals surface area contributed by atoms with Crippen molar-refractivity contribution < 1.29 is 23.7 Å². The second-order valence-corrected chi connectivity index (χ2v) is 8.59. The van der Waals surface area contributed by atoms with E-state index in [1.807, 2.05) is 38.1 Å². The second kappa shape index (κ2) is 11.1. The van der Waals surface area contributed by atoms with Crippen LogP contribution in [0, 0.1) is 18.3 Å². The van der Waals surface area contributed by atoms with Crippen molar-refractivity contribution in [2.75, 3.05) is 13.2 Å². The number of nitriles is 1. The first-order chi connectivity index (χ1) is 17.4. The van der Waals surface area contributed by atoms with Crippen molar-refractivity contribution >= 4 is 17.6 Å². The average Bonchev–Trinajstić information content (AvgIpc) is 2.87. The van der Waals surface area contributed by atoms with E-state index in [9.17, 15) is 10.1 Å². The summed E-state index contributed by atoms with van der Waals surface area (Å²) < 4.78 is 22.6. The monoisotopic (exact) mass is 504 g/mol. The van der Waals surface area contributed by atoms with Crippen molar-refractivity contribution in [2.45, 2.75) is 26.2 Å². The van der Waals surface area contributed by atoms with Crippen molar-refractivity contribution in [3.8, 4) is 29.1 Å². The van der Waals surface area contributed by atoms with E-state index in [0.717, 1.165) is 17.5 Å². The molecule has 184 valence electrons. The molecule has 1 atom stereocenters. The molecule has 0 aromatic heterocycles. The maximum atomic E-state index is 12.4. The standard InChI is InChI=1S/C28H25ClN2O5/c1-3-12-33-24-7-5-4-6-20(24)27-21-10-8-19(14-25(21)36-28(31)22(27)15-30)35-26(32)16-34-18-9-11-23(29)17(2)13-18/h4-11,13-14,27H,3,12,16,31H2,1-2H3. The Morgan fingerprint density at radius 2 is 1.86 bits per heavy atom. The van der Waals surface area contributed by atoms with Gasteiger partial charge in [-0.3, -0.25) is 0 Å². The van der Waals surface area contributed by atoms with Crippen molar-refractivity contribution in [3.05, 3.63) is 93.8 Å². The number of aryl methyl sites for hydroxylation is 1. The Bertz CT molecular complexity index is 1360. The van der Waals surface area contributed by atoms with Crippen LogP contribution in [0.1, 0.15) is 36.0 Å². The number of fused-ring (bicyclic) bond motifs is 1. The van der Waals surface area contributed by atoms with Crippen LogP contribution >= 0.6 is 11.6 Å². The highest BCUT2D eigenvalue weighted by atomic mass is 35.5. The minimum Gasteiger partial charge on any atom is -0.493 e. The number of hydrogen-bond acceptors (Lipinski definition) is 7. The van der Waals surface area contributed by atoms with Crippen LogP contribution in [0.5, 0.6) is 23.0 Å². The van der Waals surface area contributed by atoms with Gasteiger partial charge < -0.3 is 24.7 Å². The first-order valence-electron chi connectivity index (χ1n) is 11.4. The molecule has 4 rings (SSSR count). The predicted molar refractivity (Wildman–Crippen MR) is 135 cm³/mol. The molecule has 3 aromatic carbocycles. The molecule has 0 amide bonds. The number of carbonyl (C=O) groups is 1. The fraction of sp³-hybridized carbons (Fsp3) is 0.214. The summed E-state index contributed by atoms with van der Waals surface area (Å²) in [6.45, 7) is 4.13. The number of hydrogen-bond donors (Lipinski definition) is 1. The number of benzene rings is 3. The van der Waals surface area contributed by atoms with Crippen LogP contribution in [-0.4, -0.2) is 19.2 Å². The molecule has 36 heavy (non-hydrogen) atoms. The topological polar surface area (TPSA) is 104 Å². The van der Waals surface area contributed by atoms with Gasteiger partial charge in [0, 0.05) is 22.2 Å². The van der Waals surface area contributed by atoms with Gasteiger partial charge in [0.2, 0.25) is 5.88 Å². The molecule has 0 bridgehead atoms. The highest BCUT2D eigenvalue weighted by Gasteiger charge is 2.33. The lowest BCUT2D eigenvalue weighted by molar-refractivity contribution is -0.136. The van der Waals surface area contributed by atoms with Gasteiger partial charge in [0.05, 0.1) is 12.5 Å². The Balaban J connectivity index is 1.56. The van der Waals surface area contributed by atoms with Gasteiger partial charge in [-0.25, -0.2) is 4.79 Å². The molecule has 3 aromatic rings. The number of nitrogens with two attached hydrogens (primary N) is 1. The van der Waals surface area contributed by atoms with Crippen LogP contribution in [0.4, 0.5) is 0 Å². The number of halogens is 1.